The molecule has 3 N–H and O–H groups in total. The lowest BCUT2D eigenvalue weighted by molar-refractivity contribution is -0.146. The Hall–Kier alpha value is -1.77. The second-order valence-corrected chi connectivity index (χ2v) is 5.58. The molecule has 3 unspecified atom stereocenters. The number of hydrogen-bond donors (Lipinski definition) is 3. The lowest BCUT2D eigenvalue weighted by Gasteiger charge is -2.27. The Bertz CT molecular complexity index is 474. The maximum absolute atomic E-state index is 11.0. The van der Waals surface area contributed by atoms with Crippen LogP contribution in [0.3, 0.4) is 0 Å². The molecule has 0 aromatic carbocycles. The molecule has 3 atom stereocenters. The number of amides is 2. The summed E-state index contributed by atoms with van der Waals surface area (Å²) in [6.45, 7) is 1.49. The van der Waals surface area contributed by atoms with Gasteiger partial charge in [0.25, 0.3) is 0 Å². The molecule has 10 nitrogen and oxygen atoms in total. The second kappa shape index (κ2) is 9.39. The summed E-state index contributed by atoms with van der Waals surface area (Å²) in [6, 6.07) is -1.06. The monoisotopic (exact) mass is 348 g/mol. The van der Waals surface area contributed by atoms with Crippen LogP contribution in [0.25, 0.3) is 0 Å². The Morgan fingerprint density at radius 1 is 1.09 bits per heavy atom. The standard InChI is InChI=1S/C6H11N2O3P.C6H10N2O3/c1-11-6(10)4-2-8(12)3-5(9)7-4;1-11-6(10)4-2-7-3-5(9)8-4/h4H,2-3,12H2,1H3,(H,7,9);4,7H,2-3H2,1H3,(H,8,9). The zero-order valence-electron chi connectivity index (χ0n) is 13.0. The first-order chi connectivity index (χ1) is 10.9. The summed E-state index contributed by atoms with van der Waals surface area (Å²) >= 11 is 0. The van der Waals surface area contributed by atoms with Crippen molar-refractivity contribution in [2.24, 2.45) is 0 Å². The lowest BCUT2D eigenvalue weighted by Crippen LogP contribution is -2.55. The van der Waals surface area contributed by atoms with E-state index < -0.39 is 24.0 Å². The van der Waals surface area contributed by atoms with Gasteiger partial charge in [-0.3, -0.25) is 14.3 Å². The van der Waals surface area contributed by atoms with E-state index in [0.29, 0.717) is 19.6 Å². The average molecular weight is 348 g/mol. The third kappa shape index (κ3) is 6.47. The Kier molecular flexibility index (Phi) is 7.87. The fraction of sp³-hybridized carbons (Fsp3) is 0.667. The number of nitrogens with zero attached hydrogens (tertiary/aromatic N) is 1. The maximum atomic E-state index is 11.0. The van der Waals surface area contributed by atoms with Crippen molar-refractivity contribution in [2.75, 3.05) is 40.4 Å². The van der Waals surface area contributed by atoms with Gasteiger partial charge in [0, 0.05) is 13.1 Å². The molecule has 2 amide bonds. The quantitative estimate of drug-likeness (QED) is 0.356. The molecule has 2 rings (SSSR count). The van der Waals surface area contributed by atoms with Gasteiger partial charge in [-0.25, -0.2) is 9.59 Å². The molecule has 23 heavy (non-hydrogen) atoms. The summed E-state index contributed by atoms with van der Waals surface area (Å²) in [4.78, 5) is 43.5. The predicted octanol–water partition coefficient (Wildman–Crippen LogP) is -3.00. The fourth-order valence-corrected chi connectivity index (χ4v) is 2.33. The molecule has 2 aliphatic rings. The summed E-state index contributed by atoms with van der Waals surface area (Å²) in [6.07, 6.45) is 0. The van der Waals surface area contributed by atoms with E-state index in [9.17, 15) is 19.2 Å². The molecule has 0 aliphatic carbocycles. The van der Waals surface area contributed by atoms with E-state index >= 15 is 0 Å². The number of carbonyl (C=O) groups is 4. The number of piperazine rings is 2. The molecule has 2 aliphatic heterocycles. The normalized spacial score (nSPS) is 24.5. The Morgan fingerprint density at radius 3 is 2.17 bits per heavy atom. The number of esters is 2. The van der Waals surface area contributed by atoms with Crippen molar-refractivity contribution in [1.82, 2.24) is 20.6 Å². The van der Waals surface area contributed by atoms with Gasteiger partial charge >= 0.3 is 11.9 Å². The van der Waals surface area contributed by atoms with Crippen molar-refractivity contribution in [3.63, 3.8) is 0 Å². The molecule has 0 bridgehead atoms. The van der Waals surface area contributed by atoms with Gasteiger partial charge in [0.05, 0.1) is 27.3 Å². The first kappa shape index (κ1) is 19.3. The van der Waals surface area contributed by atoms with Crippen LogP contribution < -0.4 is 16.0 Å². The SMILES string of the molecule is COC(=O)C1CN(P)CC(=O)N1.COC(=O)C1CNCC(=O)N1. The lowest BCUT2D eigenvalue weighted by atomic mass is 10.2. The highest BCUT2D eigenvalue weighted by atomic mass is 31.0. The van der Waals surface area contributed by atoms with E-state index in [-0.39, 0.29) is 18.4 Å². The van der Waals surface area contributed by atoms with Crippen LogP contribution in [0, 0.1) is 0 Å². The van der Waals surface area contributed by atoms with Gasteiger partial charge in [0.1, 0.15) is 12.1 Å². The number of nitrogens with one attached hydrogen (secondary N) is 3. The second-order valence-electron chi connectivity index (χ2n) is 4.85. The summed E-state index contributed by atoms with van der Waals surface area (Å²) in [7, 11) is 4.98. The molecule has 0 aromatic heterocycles. The van der Waals surface area contributed by atoms with Gasteiger partial charge in [-0.15, -0.1) is 0 Å². The van der Waals surface area contributed by atoms with Crippen LogP contribution >= 0.6 is 9.39 Å². The highest BCUT2D eigenvalue weighted by Gasteiger charge is 2.28. The first-order valence-electron chi connectivity index (χ1n) is 6.82. The van der Waals surface area contributed by atoms with Crippen molar-refractivity contribution >= 4 is 33.1 Å². The van der Waals surface area contributed by atoms with Gasteiger partial charge in [-0.1, -0.05) is 9.39 Å². The molecule has 0 radical (unpaired) electrons. The van der Waals surface area contributed by atoms with E-state index in [0.717, 1.165) is 0 Å². The molecule has 2 heterocycles. The van der Waals surface area contributed by atoms with E-state index in [2.05, 4.69) is 34.8 Å². The molecular weight excluding hydrogens is 327 g/mol. The van der Waals surface area contributed by atoms with Gasteiger partial charge < -0.3 is 25.4 Å². The van der Waals surface area contributed by atoms with Crippen molar-refractivity contribution in [3.05, 3.63) is 0 Å². The number of carbonyl (C=O) groups excluding carboxylic acids is 4. The fourth-order valence-electron chi connectivity index (χ4n) is 1.96. The molecule has 2 saturated heterocycles. The van der Waals surface area contributed by atoms with E-state index in [1.807, 2.05) is 0 Å². The highest BCUT2D eigenvalue weighted by Crippen LogP contribution is 2.05. The first-order valence-corrected chi connectivity index (χ1v) is 7.33. The highest BCUT2D eigenvalue weighted by molar-refractivity contribution is 7.13. The average Bonchev–Trinajstić information content (AvgIpc) is 2.53. The van der Waals surface area contributed by atoms with Crippen molar-refractivity contribution in [3.8, 4) is 0 Å². The van der Waals surface area contributed by atoms with E-state index in [1.54, 1.807) is 4.67 Å². The molecule has 2 fully saturated rings. The third-order valence-corrected chi connectivity index (χ3v) is 3.43. The smallest absolute Gasteiger partial charge is 0.329 e. The van der Waals surface area contributed by atoms with Crippen LogP contribution in [-0.2, 0) is 28.7 Å². The van der Waals surface area contributed by atoms with Crippen LogP contribution in [0.1, 0.15) is 0 Å². The third-order valence-electron chi connectivity index (χ3n) is 3.04. The summed E-state index contributed by atoms with van der Waals surface area (Å²) in [5, 5.41) is 7.81. The van der Waals surface area contributed by atoms with Crippen molar-refractivity contribution < 1.29 is 28.7 Å². The van der Waals surface area contributed by atoms with Gasteiger partial charge in [-0.05, 0) is 0 Å². The predicted molar refractivity (Wildman–Crippen MR) is 82.0 cm³/mol. The van der Waals surface area contributed by atoms with Crippen LogP contribution in [0.2, 0.25) is 0 Å². The Morgan fingerprint density at radius 2 is 1.65 bits per heavy atom. The van der Waals surface area contributed by atoms with Crippen LogP contribution in [-0.4, -0.2) is 80.9 Å². The molecule has 130 valence electrons. The van der Waals surface area contributed by atoms with Gasteiger partial charge in [-0.2, -0.15) is 0 Å². The molecular formula is C12H21N4O6P. The molecule has 0 aromatic rings. The topological polar surface area (TPSA) is 126 Å². The summed E-state index contributed by atoms with van der Waals surface area (Å²) < 4.78 is 10.6. The van der Waals surface area contributed by atoms with Gasteiger partial charge in [0.15, 0.2) is 0 Å². The number of methoxy groups -OCH3 is 2. The van der Waals surface area contributed by atoms with Crippen LogP contribution in [0.5, 0.6) is 0 Å². The minimum absolute atomic E-state index is 0.161. The zero-order valence-corrected chi connectivity index (χ0v) is 14.1. The van der Waals surface area contributed by atoms with Crippen LogP contribution in [0.4, 0.5) is 0 Å². The summed E-state index contributed by atoms with van der Waals surface area (Å²) in [5.74, 6) is -1.15. The summed E-state index contributed by atoms with van der Waals surface area (Å²) in [5.41, 5.74) is 0. The van der Waals surface area contributed by atoms with Crippen molar-refractivity contribution in [1.29, 1.82) is 0 Å². The zero-order chi connectivity index (χ0) is 17.4. The maximum Gasteiger partial charge on any atom is 0.329 e. The van der Waals surface area contributed by atoms with Gasteiger partial charge in [0.2, 0.25) is 11.8 Å². The van der Waals surface area contributed by atoms with Crippen molar-refractivity contribution in [2.45, 2.75) is 12.1 Å². The van der Waals surface area contributed by atoms with Crippen LogP contribution in [0.15, 0.2) is 0 Å². The Balaban J connectivity index is 0.000000231. The number of hydrogen-bond acceptors (Lipinski definition) is 8. The van der Waals surface area contributed by atoms with E-state index in [4.69, 9.17) is 0 Å². The van der Waals surface area contributed by atoms with E-state index in [1.165, 1.54) is 14.2 Å². The number of ether oxygens (including phenoxy) is 2. The number of rotatable bonds is 2. The Labute approximate surface area is 135 Å². The molecule has 11 heteroatoms. The minimum Gasteiger partial charge on any atom is -0.467 e. The minimum atomic E-state index is -0.534. The molecule has 0 spiro atoms. The molecule has 0 saturated carbocycles. The largest absolute Gasteiger partial charge is 0.467 e.